The molecule has 0 heterocycles. The van der Waals surface area contributed by atoms with Gasteiger partial charge in [-0.1, -0.05) is 0 Å². The number of allylic oxidation sites excluding steroid dienone is 2. The molecule has 4 rings (SSSR count). The van der Waals surface area contributed by atoms with Gasteiger partial charge in [0.05, 0.1) is 0 Å². The van der Waals surface area contributed by atoms with Gasteiger partial charge in [0.15, 0.2) is 0 Å². The van der Waals surface area contributed by atoms with Crippen LogP contribution in [0.25, 0.3) is 12.2 Å². The van der Waals surface area contributed by atoms with Crippen LogP contribution in [0.15, 0.2) is 35.4 Å². The average molecular weight is 404 g/mol. The fourth-order valence-electron chi connectivity index (χ4n) is 4.70. The number of hydrogen-bond donors (Lipinski definition) is 0. The molecule has 2 aliphatic rings. The number of benzene rings is 2. The Morgan fingerprint density at radius 1 is 0.600 bits per heavy atom. The standard InChI is InChI=1S/2C12H13.Y.H/c2*1-8-6-11-9(2)4-5-10(3)12(11)7-8;;/h2*4-7H,1-3H3;;/q;;+1;-1. The number of hydrogen-bond acceptors (Lipinski definition) is 0. The van der Waals surface area contributed by atoms with Crippen molar-refractivity contribution in [1.82, 2.24) is 0 Å². The van der Waals surface area contributed by atoms with Crippen LogP contribution in [0.2, 0.25) is 0 Å². The molecule has 2 unspecified atom stereocenters. The zero-order chi connectivity index (χ0) is 17.9. The van der Waals surface area contributed by atoms with Crippen molar-refractivity contribution < 1.29 is 30.6 Å². The van der Waals surface area contributed by atoms with Gasteiger partial charge in [0.1, 0.15) is 0 Å². The summed E-state index contributed by atoms with van der Waals surface area (Å²) in [6.07, 6.45) is 4.96. The van der Waals surface area contributed by atoms with Gasteiger partial charge in [0.25, 0.3) is 0 Å². The number of rotatable bonds is 2. The van der Waals surface area contributed by atoms with Crippen LogP contribution in [0.1, 0.15) is 65.2 Å². The van der Waals surface area contributed by atoms with E-state index in [-0.39, 0.29) is 1.43 Å². The predicted molar refractivity (Wildman–Crippen MR) is 106 cm³/mol. The molecule has 1 heteroatoms. The fraction of sp³-hybridized carbons (Fsp3) is 0.333. The third kappa shape index (κ3) is 2.73. The normalized spacial score (nSPS) is 20.7. The van der Waals surface area contributed by atoms with Gasteiger partial charge in [0, 0.05) is 0 Å². The van der Waals surface area contributed by atoms with E-state index in [2.05, 4.69) is 78.0 Å². The second kappa shape index (κ2) is 6.32. The molecule has 0 nitrogen and oxygen atoms in total. The smallest absolute Gasteiger partial charge is 1.00 e. The van der Waals surface area contributed by atoms with E-state index in [0.29, 0.717) is 0 Å². The minimum absolute atomic E-state index is 0. The molecule has 0 saturated carbocycles. The SMILES string of the molecule is CC1=Cc2c(C)ccc(C)c2[CH]1[Y+][CH]1C(C)=Cc2c(C)ccc(C)c21.[H-]. The van der Waals surface area contributed by atoms with Gasteiger partial charge in [-0.05, 0) is 0 Å². The van der Waals surface area contributed by atoms with Crippen molar-refractivity contribution in [3.63, 3.8) is 0 Å². The minimum Gasteiger partial charge on any atom is -1.00 e. The van der Waals surface area contributed by atoms with Crippen LogP contribution in [0, 0.1) is 27.7 Å². The molecule has 0 fully saturated rings. The van der Waals surface area contributed by atoms with Crippen molar-refractivity contribution in [2.45, 2.75) is 47.0 Å². The van der Waals surface area contributed by atoms with Crippen molar-refractivity contribution in [2.75, 3.05) is 0 Å². The van der Waals surface area contributed by atoms with E-state index in [1.807, 2.05) is 0 Å². The molecular formula is C24H27Y. The van der Waals surface area contributed by atoms with E-state index in [9.17, 15) is 0 Å². The molecule has 0 spiro atoms. The van der Waals surface area contributed by atoms with Gasteiger partial charge in [-0.2, -0.15) is 0 Å². The molecule has 2 aromatic carbocycles. The molecule has 0 aromatic heterocycles. The van der Waals surface area contributed by atoms with E-state index in [1.165, 1.54) is 33.4 Å². The second-order valence-corrected chi connectivity index (χ2v) is 12.2. The Balaban J connectivity index is 0.00000196. The predicted octanol–water partition coefficient (Wildman–Crippen LogP) is 6.73. The van der Waals surface area contributed by atoms with Crippen LogP contribution in [-0.4, -0.2) is 0 Å². The molecule has 126 valence electrons. The molecule has 25 heavy (non-hydrogen) atoms. The molecule has 2 atom stereocenters. The number of aryl methyl sites for hydroxylation is 4. The van der Waals surface area contributed by atoms with Crippen molar-refractivity contribution in [1.29, 1.82) is 0 Å². The van der Waals surface area contributed by atoms with Gasteiger partial charge < -0.3 is 1.43 Å². The number of fused-ring (bicyclic) bond motifs is 2. The summed E-state index contributed by atoms with van der Waals surface area (Å²) in [6.45, 7) is 13.9. The molecule has 0 amide bonds. The molecule has 0 aliphatic heterocycles. The molecule has 0 radical (unpaired) electrons. The van der Waals surface area contributed by atoms with Gasteiger partial charge in [-0.3, -0.25) is 0 Å². The Kier molecular flexibility index (Phi) is 4.41. The van der Waals surface area contributed by atoms with Crippen LogP contribution >= 0.6 is 0 Å². The van der Waals surface area contributed by atoms with E-state index >= 15 is 0 Å². The third-order valence-corrected chi connectivity index (χ3v) is 12.3. The van der Waals surface area contributed by atoms with Crippen LogP contribution in [0.4, 0.5) is 0 Å². The summed E-state index contributed by atoms with van der Waals surface area (Å²) in [4.78, 5) is 0. The first kappa shape index (κ1) is 17.4. The molecule has 2 aromatic rings. The molecule has 0 saturated heterocycles. The largest absolute Gasteiger partial charge is 1.00 e. The van der Waals surface area contributed by atoms with E-state index in [4.69, 9.17) is 0 Å². The first-order chi connectivity index (χ1) is 11.9. The maximum absolute atomic E-state index is 2.48. The third-order valence-electron chi connectivity index (χ3n) is 6.18. The van der Waals surface area contributed by atoms with E-state index < -0.39 is 29.2 Å². The van der Waals surface area contributed by atoms with Gasteiger partial charge in [-0.15, -0.1) is 0 Å². The second-order valence-electron chi connectivity index (χ2n) is 7.98. The summed E-state index contributed by atoms with van der Waals surface area (Å²) >= 11 is -0.931. The van der Waals surface area contributed by atoms with Crippen molar-refractivity contribution in [3.8, 4) is 0 Å². The average Bonchev–Trinajstić information content (AvgIpc) is 3.08. The topological polar surface area (TPSA) is 0 Å². The Hall–Kier alpha value is -0.976. The summed E-state index contributed by atoms with van der Waals surface area (Å²) in [5.41, 5.74) is 15.4. The quantitative estimate of drug-likeness (QED) is 0.521. The van der Waals surface area contributed by atoms with Crippen LogP contribution in [-0.2, 0) is 29.2 Å². The van der Waals surface area contributed by atoms with Crippen LogP contribution < -0.4 is 0 Å². The van der Waals surface area contributed by atoms with Gasteiger partial charge >= 0.3 is 168 Å². The molecular weight excluding hydrogens is 377 g/mol. The Labute approximate surface area is 168 Å². The fourth-order valence-corrected chi connectivity index (χ4v) is 10.7. The Morgan fingerprint density at radius 3 is 1.36 bits per heavy atom. The summed E-state index contributed by atoms with van der Waals surface area (Å²) in [5.74, 6) is 0. The summed E-state index contributed by atoms with van der Waals surface area (Å²) < 4.78 is 1.48. The summed E-state index contributed by atoms with van der Waals surface area (Å²) in [7, 11) is 0. The van der Waals surface area contributed by atoms with Crippen molar-refractivity contribution in [2.24, 2.45) is 0 Å². The summed E-state index contributed by atoms with van der Waals surface area (Å²) in [5, 5.41) is 0. The Morgan fingerprint density at radius 2 is 0.960 bits per heavy atom. The van der Waals surface area contributed by atoms with Crippen molar-refractivity contribution >= 4 is 12.2 Å². The van der Waals surface area contributed by atoms with E-state index in [0.717, 1.165) is 5.46 Å². The zero-order valence-electron chi connectivity index (χ0n) is 17.2. The maximum Gasteiger partial charge on any atom is -1.00 e. The molecule has 0 bridgehead atoms. The molecule has 2 aliphatic carbocycles. The van der Waals surface area contributed by atoms with Crippen molar-refractivity contribution in [3.05, 3.63) is 79.9 Å². The van der Waals surface area contributed by atoms with Gasteiger partial charge in [0.2, 0.25) is 0 Å². The van der Waals surface area contributed by atoms with Crippen LogP contribution in [0.5, 0.6) is 0 Å². The monoisotopic (exact) mass is 404 g/mol. The minimum atomic E-state index is -0.931. The Bertz CT molecular complexity index is 872. The molecule has 0 N–H and O–H groups in total. The first-order valence-electron chi connectivity index (χ1n) is 9.30. The van der Waals surface area contributed by atoms with E-state index in [1.54, 1.807) is 22.3 Å². The first-order valence-corrected chi connectivity index (χ1v) is 12.6. The summed E-state index contributed by atoms with van der Waals surface area (Å²) in [6, 6.07) is 9.24. The maximum atomic E-state index is 2.48. The van der Waals surface area contributed by atoms with Crippen LogP contribution in [0.3, 0.4) is 0 Å². The zero-order valence-corrected chi connectivity index (χ0v) is 19.0. The van der Waals surface area contributed by atoms with Gasteiger partial charge in [-0.25, -0.2) is 0 Å².